The van der Waals surface area contributed by atoms with E-state index < -0.39 is 11.3 Å². The fraction of sp³-hybridized carbons (Fsp3) is 0.800. The van der Waals surface area contributed by atoms with Gasteiger partial charge in [0.1, 0.15) is 0 Å². The molecule has 0 aliphatic heterocycles. The van der Waals surface area contributed by atoms with Crippen molar-refractivity contribution in [3.8, 4) is 0 Å². The lowest BCUT2D eigenvalue weighted by Crippen LogP contribution is -2.17. The van der Waals surface area contributed by atoms with Crippen molar-refractivity contribution in [2.75, 3.05) is 20.3 Å². The van der Waals surface area contributed by atoms with Crippen LogP contribution in [-0.4, -0.2) is 31.6 Å². The van der Waals surface area contributed by atoms with Crippen LogP contribution in [-0.2, 0) is 4.74 Å². The molecule has 0 aromatic rings. The first-order chi connectivity index (χ1) is 4.98. The molecule has 0 atom stereocenters. The molecular weight excluding hydrogens is 183 g/mol. The van der Waals surface area contributed by atoms with Gasteiger partial charge in [-0.15, -0.1) is 0 Å². The van der Waals surface area contributed by atoms with Crippen LogP contribution in [0.5, 0.6) is 0 Å². The first kappa shape index (κ1) is 10.7. The Morgan fingerprint density at radius 1 is 1.55 bits per heavy atom. The lowest BCUT2D eigenvalue weighted by Gasteiger charge is -2.02. The third-order valence-corrected chi connectivity index (χ3v) is 1.11. The van der Waals surface area contributed by atoms with Crippen molar-refractivity contribution in [3.63, 3.8) is 0 Å². The molecule has 0 fully saturated rings. The Labute approximate surface area is 67.0 Å². The van der Waals surface area contributed by atoms with Crippen LogP contribution in [0.4, 0.5) is 13.2 Å². The van der Waals surface area contributed by atoms with E-state index in [-0.39, 0.29) is 13.2 Å². The van der Waals surface area contributed by atoms with Gasteiger partial charge in [-0.1, -0.05) is 11.6 Å². The summed E-state index contributed by atoms with van der Waals surface area (Å²) in [6.07, 6.45) is -4.53. The highest BCUT2D eigenvalue weighted by Gasteiger charge is 2.33. The number of rotatable bonds is 3. The quantitative estimate of drug-likeness (QED) is 0.490. The van der Waals surface area contributed by atoms with Crippen molar-refractivity contribution >= 4 is 16.8 Å². The van der Waals surface area contributed by atoms with E-state index in [9.17, 15) is 13.2 Å². The van der Waals surface area contributed by atoms with Crippen LogP contribution in [0.3, 0.4) is 0 Å². The van der Waals surface area contributed by atoms with Gasteiger partial charge in [-0.2, -0.15) is 13.2 Å². The molecule has 0 N–H and O–H groups in total. The minimum Gasteiger partial charge on any atom is -0.383 e. The number of nitrogens with zero attached hydrogens (tertiary/aromatic N) is 1. The zero-order valence-electron chi connectivity index (χ0n) is 5.78. The van der Waals surface area contributed by atoms with Gasteiger partial charge < -0.3 is 4.74 Å². The Balaban J connectivity index is 3.81. The molecule has 0 aliphatic carbocycles. The predicted octanol–water partition coefficient (Wildman–Crippen LogP) is 1.83. The molecule has 66 valence electrons. The minimum atomic E-state index is -4.53. The fourth-order valence-electron chi connectivity index (χ4n) is 0.325. The second-order valence-corrected chi connectivity index (χ2v) is 2.02. The van der Waals surface area contributed by atoms with Gasteiger partial charge in [-0.3, -0.25) is 4.99 Å². The fourth-order valence-corrected chi connectivity index (χ4v) is 0.409. The second-order valence-electron chi connectivity index (χ2n) is 1.66. The largest absolute Gasteiger partial charge is 0.444 e. The van der Waals surface area contributed by atoms with Gasteiger partial charge in [0.2, 0.25) is 5.17 Å². The van der Waals surface area contributed by atoms with Gasteiger partial charge in [0, 0.05) is 7.11 Å². The van der Waals surface area contributed by atoms with Crippen molar-refractivity contribution in [3.05, 3.63) is 0 Å². The van der Waals surface area contributed by atoms with Crippen LogP contribution < -0.4 is 0 Å². The summed E-state index contributed by atoms with van der Waals surface area (Å²) in [5, 5.41) is -1.34. The summed E-state index contributed by atoms with van der Waals surface area (Å²) in [5.41, 5.74) is 0. The number of hydrogen-bond donors (Lipinski definition) is 0. The monoisotopic (exact) mass is 189 g/mol. The van der Waals surface area contributed by atoms with Crippen molar-refractivity contribution < 1.29 is 17.9 Å². The van der Waals surface area contributed by atoms with Gasteiger partial charge in [0.05, 0.1) is 13.2 Å². The highest BCUT2D eigenvalue weighted by Crippen LogP contribution is 2.19. The number of ether oxygens (including phenoxy) is 1. The molecule has 0 saturated carbocycles. The van der Waals surface area contributed by atoms with E-state index in [1.54, 1.807) is 0 Å². The maximum atomic E-state index is 11.6. The molecule has 0 amide bonds. The van der Waals surface area contributed by atoms with E-state index in [0.717, 1.165) is 0 Å². The Morgan fingerprint density at radius 2 is 2.09 bits per heavy atom. The SMILES string of the molecule is COCCN=C(Cl)C(F)(F)F. The van der Waals surface area contributed by atoms with Crippen LogP contribution in [0.1, 0.15) is 0 Å². The van der Waals surface area contributed by atoms with E-state index in [0.29, 0.717) is 0 Å². The molecule has 0 aliphatic rings. The molecule has 0 heterocycles. The number of methoxy groups -OCH3 is 1. The number of alkyl halides is 3. The van der Waals surface area contributed by atoms with E-state index in [1.807, 2.05) is 0 Å². The summed E-state index contributed by atoms with van der Waals surface area (Å²) >= 11 is 4.76. The van der Waals surface area contributed by atoms with Crippen molar-refractivity contribution in [2.24, 2.45) is 4.99 Å². The highest BCUT2D eigenvalue weighted by molar-refractivity contribution is 6.66. The normalized spacial score (nSPS) is 13.7. The third kappa shape index (κ3) is 5.03. The average molecular weight is 190 g/mol. The van der Waals surface area contributed by atoms with Crippen LogP contribution in [0, 0.1) is 0 Å². The molecule has 0 saturated heterocycles. The Bertz CT molecular complexity index is 145. The molecular formula is C5H7ClF3NO. The summed E-state index contributed by atoms with van der Waals surface area (Å²) in [5.74, 6) is 0. The van der Waals surface area contributed by atoms with Gasteiger partial charge in [-0.05, 0) is 0 Å². The van der Waals surface area contributed by atoms with Gasteiger partial charge in [-0.25, -0.2) is 0 Å². The molecule has 6 heteroatoms. The summed E-state index contributed by atoms with van der Waals surface area (Å²) in [6, 6.07) is 0. The van der Waals surface area contributed by atoms with Crippen LogP contribution >= 0.6 is 11.6 Å². The molecule has 0 spiro atoms. The second kappa shape index (κ2) is 4.56. The van der Waals surface area contributed by atoms with Gasteiger partial charge in [0.15, 0.2) is 0 Å². The third-order valence-electron chi connectivity index (χ3n) is 0.780. The molecule has 0 rings (SSSR count). The van der Waals surface area contributed by atoms with Crippen LogP contribution in [0.2, 0.25) is 0 Å². The first-order valence-corrected chi connectivity index (χ1v) is 3.12. The molecule has 0 unspecified atom stereocenters. The summed E-state index contributed by atoms with van der Waals surface area (Å²) in [6.45, 7) is 0.0567. The van der Waals surface area contributed by atoms with Crippen LogP contribution in [0.15, 0.2) is 4.99 Å². The lowest BCUT2D eigenvalue weighted by atomic mass is 10.6. The zero-order valence-corrected chi connectivity index (χ0v) is 6.54. The van der Waals surface area contributed by atoms with Crippen molar-refractivity contribution in [1.82, 2.24) is 0 Å². The van der Waals surface area contributed by atoms with Crippen molar-refractivity contribution in [2.45, 2.75) is 6.18 Å². The maximum Gasteiger partial charge on any atom is 0.444 e. The lowest BCUT2D eigenvalue weighted by molar-refractivity contribution is -0.0561. The number of aliphatic imine (C=N–C) groups is 1. The molecule has 0 aromatic heterocycles. The smallest absolute Gasteiger partial charge is 0.383 e. The van der Waals surface area contributed by atoms with E-state index >= 15 is 0 Å². The summed E-state index contributed by atoms with van der Waals surface area (Å²) in [4.78, 5) is 3.02. The number of hydrogen-bond acceptors (Lipinski definition) is 2. The minimum absolute atomic E-state index is 0.0746. The van der Waals surface area contributed by atoms with Crippen molar-refractivity contribution in [1.29, 1.82) is 0 Å². The Kier molecular flexibility index (Phi) is 4.44. The molecule has 0 bridgehead atoms. The summed E-state index contributed by atoms with van der Waals surface area (Å²) in [7, 11) is 1.37. The van der Waals surface area contributed by atoms with E-state index in [1.165, 1.54) is 7.11 Å². The Hall–Kier alpha value is -0.290. The standard InChI is InChI=1S/C5H7ClF3NO/c1-11-3-2-10-4(6)5(7,8)9/h2-3H2,1H3. The molecule has 2 nitrogen and oxygen atoms in total. The molecule has 11 heavy (non-hydrogen) atoms. The maximum absolute atomic E-state index is 11.6. The molecule has 0 aromatic carbocycles. The average Bonchev–Trinajstić information content (AvgIpc) is 1.86. The van der Waals surface area contributed by atoms with Crippen LogP contribution in [0.25, 0.3) is 0 Å². The molecule has 0 radical (unpaired) electrons. The van der Waals surface area contributed by atoms with Gasteiger partial charge >= 0.3 is 6.18 Å². The predicted molar refractivity (Wildman–Crippen MR) is 36.1 cm³/mol. The highest BCUT2D eigenvalue weighted by atomic mass is 35.5. The first-order valence-electron chi connectivity index (χ1n) is 2.74. The van der Waals surface area contributed by atoms with Gasteiger partial charge in [0.25, 0.3) is 0 Å². The topological polar surface area (TPSA) is 21.6 Å². The van der Waals surface area contributed by atoms with E-state index in [4.69, 9.17) is 11.6 Å². The van der Waals surface area contributed by atoms with E-state index in [2.05, 4.69) is 9.73 Å². The number of halogens is 4. The zero-order chi connectivity index (χ0) is 8.91. The summed E-state index contributed by atoms with van der Waals surface area (Å²) < 4.78 is 39.2. The Morgan fingerprint density at radius 3 is 2.45 bits per heavy atom.